The number of hydrogen-bond acceptors (Lipinski definition) is 2. The summed E-state index contributed by atoms with van der Waals surface area (Å²) in [6, 6.07) is -0.364. The number of carboxylic acids is 1. The normalized spacial score (nSPS) is 37.2. The Morgan fingerprint density at radius 3 is 2.43 bits per heavy atom. The number of aliphatic carboxylic acids is 1. The summed E-state index contributed by atoms with van der Waals surface area (Å²) in [5, 5.41) is 15.5. The van der Waals surface area contributed by atoms with Crippen LogP contribution >= 0.6 is 0 Å². The van der Waals surface area contributed by atoms with E-state index in [2.05, 4.69) is 17.6 Å². The van der Waals surface area contributed by atoms with Crippen molar-refractivity contribution in [3.05, 3.63) is 0 Å². The van der Waals surface area contributed by atoms with Crippen LogP contribution in [-0.4, -0.2) is 28.7 Å². The van der Waals surface area contributed by atoms with E-state index in [0.717, 1.165) is 44.9 Å². The van der Waals surface area contributed by atoms with Gasteiger partial charge in [0, 0.05) is 11.6 Å². The van der Waals surface area contributed by atoms with Crippen LogP contribution in [-0.2, 0) is 4.79 Å². The van der Waals surface area contributed by atoms with Gasteiger partial charge in [0.05, 0.1) is 5.92 Å². The minimum Gasteiger partial charge on any atom is -0.481 e. The molecule has 0 aromatic heterocycles. The fraction of sp³-hybridized carbons (Fsp3) is 0.875. The van der Waals surface area contributed by atoms with Crippen LogP contribution in [0.2, 0.25) is 0 Å². The van der Waals surface area contributed by atoms with Crippen molar-refractivity contribution in [2.45, 2.75) is 69.9 Å². The molecule has 21 heavy (non-hydrogen) atoms. The number of amides is 2. The predicted octanol–water partition coefficient (Wildman–Crippen LogP) is 2.51. The second-order valence-corrected chi connectivity index (χ2v) is 7.44. The topological polar surface area (TPSA) is 78.4 Å². The summed E-state index contributed by atoms with van der Waals surface area (Å²) in [5.41, 5.74) is -0.126. The maximum absolute atomic E-state index is 12.3. The van der Waals surface area contributed by atoms with Gasteiger partial charge in [-0.1, -0.05) is 19.3 Å². The van der Waals surface area contributed by atoms with Gasteiger partial charge in [-0.25, -0.2) is 4.79 Å². The molecule has 2 amide bonds. The monoisotopic (exact) mass is 294 g/mol. The van der Waals surface area contributed by atoms with Crippen molar-refractivity contribution >= 4 is 12.0 Å². The van der Waals surface area contributed by atoms with E-state index in [1.54, 1.807) is 0 Å². The molecule has 0 saturated heterocycles. The number of rotatable bonds is 3. The average molecular weight is 294 g/mol. The SMILES string of the molecule is CC1(NC(=O)NC2C3CCC(C3)C2C(=O)O)CCCCC1. The maximum atomic E-state index is 12.3. The van der Waals surface area contributed by atoms with E-state index in [9.17, 15) is 14.7 Å². The van der Waals surface area contributed by atoms with Crippen LogP contribution < -0.4 is 10.6 Å². The van der Waals surface area contributed by atoms with Crippen molar-refractivity contribution in [2.75, 3.05) is 0 Å². The maximum Gasteiger partial charge on any atom is 0.315 e. The van der Waals surface area contributed by atoms with E-state index in [1.165, 1.54) is 6.42 Å². The van der Waals surface area contributed by atoms with Gasteiger partial charge in [0.15, 0.2) is 0 Å². The van der Waals surface area contributed by atoms with E-state index in [1.807, 2.05) is 0 Å². The Balaban J connectivity index is 1.60. The third-order valence-electron chi connectivity index (χ3n) is 5.87. The molecular formula is C16H26N2O3. The molecule has 0 heterocycles. The standard InChI is InChI=1S/C16H26N2O3/c1-16(7-3-2-4-8-16)18-15(21)17-13-11-6-5-10(9-11)12(13)14(19)20/h10-13H,2-9H2,1H3,(H,19,20)(H2,17,18,21). The number of carboxylic acid groups (broad SMARTS) is 1. The molecule has 5 nitrogen and oxygen atoms in total. The third kappa shape index (κ3) is 2.87. The van der Waals surface area contributed by atoms with Crippen LogP contribution in [0.25, 0.3) is 0 Å². The number of carbonyl (C=O) groups excluding carboxylic acids is 1. The first-order valence-electron chi connectivity index (χ1n) is 8.30. The summed E-state index contributed by atoms with van der Waals surface area (Å²) < 4.78 is 0. The lowest BCUT2D eigenvalue weighted by molar-refractivity contribution is -0.144. The molecule has 3 rings (SSSR count). The summed E-state index contributed by atoms with van der Waals surface area (Å²) in [6.07, 6.45) is 8.59. The lowest BCUT2D eigenvalue weighted by atomic mass is 9.83. The van der Waals surface area contributed by atoms with Crippen molar-refractivity contribution in [3.63, 3.8) is 0 Å². The molecule has 0 spiro atoms. The first kappa shape index (κ1) is 14.7. The number of urea groups is 1. The predicted molar refractivity (Wildman–Crippen MR) is 78.9 cm³/mol. The van der Waals surface area contributed by atoms with Crippen molar-refractivity contribution in [3.8, 4) is 0 Å². The van der Waals surface area contributed by atoms with Crippen molar-refractivity contribution in [2.24, 2.45) is 17.8 Å². The second-order valence-electron chi connectivity index (χ2n) is 7.44. The summed E-state index contributed by atoms with van der Waals surface area (Å²) in [6.45, 7) is 2.10. The van der Waals surface area contributed by atoms with Crippen molar-refractivity contribution < 1.29 is 14.7 Å². The largest absolute Gasteiger partial charge is 0.481 e. The van der Waals surface area contributed by atoms with Crippen LogP contribution in [0.1, 0.15) is 58.3 Å². The lowest BCUT2D eigenvalue weighted by Crippen LogP contribution is -2.56. The minimum atomic E-state index is -0.753. The van der Waals surface area contributed by atoms with Gasteiger partial charge in [0.1, 0.15) is 0 Å². The molecule has 118 valence electrons. The lowest BCUT2D eigenvalue weighted by Gasteiger charge is -2.36. The zero-order valence-corrected chi connectivity index (χ0v) is 12.7. The first-order chi connectivity index (χ1) is 9.98. The van der Waals surface area contributed by atoms with Gasteiger partial charge in [-0.3, -0.25) is 4.79 Å². The highest BCUT2D eigenvalue weighted by Gasteiger charge is 2.51. The van der Waals surface area contributed by atoms with Gasteiger partial charge < -0.3 is 15.7 Å². The molecule has 3 N–H and O–H groups in total. The Bertz CT molecular complexity index is 431. The summed E-state index contributed by atoms with van der Waals surface area (Å²) in [7, 11) is 0. The fourth-order valence-corrected chi connectivity index (χ4v) is 4.77. The molecule has 2 bridgehead atoms. The molecule has 3 saturated carbocycles. The third-order valence-corrected chi connectivity index (χ3v) is 5.87. The Morgan fingerprint density at radius 1 is 1.10 bits per heavy atom. The van der Waals surface area contributed by atoms with Crippen LogP contribution in [0.4, 0.5) is 4.79 Å². The van der Waals surface area contributed by atoms with Crippen molar-refractivity contribution in [1.29, 1.82) is 0 Å². The van der Waals surface area contributed by atoms with Crippen LogP contribution in [0, 0.1) is 17.8 Å². The molecule has 5 heteroatoms. The summed E-state index contributed by atoms with van der Waals surface area (Å²) in [5.74, 6) is -0.547. The Labute approximate surface area is 125 Å². The summed E-state index contributed by atoms with van der Waals surface area (Å²) in [4.78, 5) is 23.8. The van der Waals surface area contributed by atoms with Crippen LogP contribution in [0.5, 0.6) is 0 Å². The molecule has 0 radical (unpaired) electrons. The van der Waals surface area contributed by atoms with E-state index >= 15 is 0 Å². The van der Waals surface area contributed by atoms with Gasteiger partial charge in [-0.2, -0.15) is 0 Å². The highest BCUT2D eigenvalue weighted by atomic mass is 16.4. The molecular weight excluding hydrogens is 268 g/mol. The number of hydrogen-bond donors (Lipinski definition) is 3. The quantitative estimate of drug-likeness (QED) is 0.748. The summed E-state index contributed by atoms with van der Waals surface area (Å²) >= 11 is 0. The number of nitrogens with one attached hydrogen (secondary N) is 2. The van der Waals surface area contributed by atoms with E-state index in [4.69, 9.17) is 0 Å². The Morgan fingerprint density at radius 2 is 1.76 bits per heavy atom. The zero-order valence-electron chi connectivity index (χ0n) is 12.7. The second kappa shape index (κ2) is 5.50. The smallest absolute Gasteiger partial charge is 0.315 e. The molecule has 0 aliphatic heterocycles. The van der Waals surface area contributed by atoms with Gasteiger partial charge in [0.2, 0.25) is 0 Å². The minimum absolute atomic E-state index is 0.126. The molecule has 3 aliphatic rings. The highest BCUT2D eigenvalue weighted by Crippen LogP contribution is 2.48. The molecule has 0 aromatic rings. The van der Waals surface area contributed by atoms with Crippen molar-refractivity contribution in [1.82, 2.24) is 10.6 Å². The van der Waals surface area contributed by atoms with Gasteiger partial charge in [0.25, 0.3) is 0 Å². The molecule has 4 unspecified atom stereocenters. The molecule has 0 aromatic carbocycles. The average Bonchev–Trinajstić information content (AvgIpc) is 2.99. The van der Waals surface area contributed by atoms with E-state index < -0.39 is 11.9 Å². The van der Waals surface area contributed by atoms with Gasteiger partial charge in [-0.05, 0) is 50.9 Å². The van der Waals surface area contributed by atoms with Gasteiger partial charge in [-0.15, -0.1) is 0 Å². The zero-order chi connectivity index (χ0) is 15.0. The molecule has 3 fully saturated rings. The number of fused-ring (bicyclic) bond motifs is 2. The Kier molecular flexibility index (Phi) is 3.84. The molecule has 4 atom stereocenters. The Hall–Kier alpha value is -1.26. The first-order valence-corrected chi connectivity index (χ1v) is 8.30. The molecule has 3 aliphatic carbocycles. The van der Waals surface area contributed by atoms with Crippen LogP contribution in [0.3, 0.4) is 0 Å². The van der Waals surface area contributed by atoms with E-state index in [0.29, 0.717) is 5.92 Å². The fourth-order valence-electron chi connectivity index (χ4n) is 4.77. The van der Waals surface area contributed by atoms with Crippen LogP contribution in [0.15, 0.2) is 0 Å². The van der Waals surface area contributed by atoms with Gasteiger partial charge >= 0.3 is 12.0 Å². The number of carbonyl (C=O) groups is 2. The highest BCUT2D eigenvalue weighted by molar-refractivity contribution is 5.78. The van der Waals surface area contributed by atoms with E-state index in [-0.39, 0.29) is 23.5 Å².